The summed E-state index contributed by atoms with van der Waals surface area (Å²) in [6.07, 6.45) is 5.20. The number of aromatic nitrogens is 2. The average Bonchev–Trinajstić information content (AvgIpc) is 2.46. The fraction of sp³-hybridized carbons (Fsp3) is 0.267. The van der Waals surface area contributed by atoms with Gasteiger partial charge in [0.2, 0.25) is 0 Å². The molecule has 0 aliphatic rings. The number of hydrogen-bond donors (Lipinski definition) is 1. The Morgan fingerprint density at radius 2 is 2.05 bits per heavy atom. The maximum atomic E-state index is 11.7. The highest BCUT2D eigenvalue weighted by Crippen LogP contribution is 2.10. The van der Waals surface area contributed by atoms with Crippen LogP contribution in [0.1, 0.15) is 21.5 Å². The Bertz CT molecular complexity index is 593. The third-order valence-electron chi connectivity index (χ3n) is 3.01. The number of aryl methyl sites for hydroxylation is 1. The predicted octanol–water partition coefficient (Wildman–Crippen LogP) is 2.10. The van der Waals surface area contributed by atoms with Crippen LogP contribution in [0.3, 0.4) is 0 Å². The van der Waals surface area contributed by atoms with E-state index in [1.54, 1.807) is 32.6 Å². The van der Waals surface area contributed by atoms with Crippen LogP contribution in [0.25, 0.3) is 0 Å². The molecular formula is C15H18N4O. The second-order valence-electron chi connectivity index (χ2n) is 4.79. The molecule has 0 spiro atoms. The Morgan fingerprint density at radius 1 is 1.25 bits per heavy atom. The summed E-state index contributed by atoms with van der Waals surface area (Å²) in [5, 5.41) is 3.23. The van der Waals surface area contributed by atoms with Crippen molar-refractivity contribution in [3.63, 3.8) is 0 Å². The summed E-state index contributed by atoms with van der Waals surface area (Å²) < 4.78 is 0. The van der Waals surface area contributed by atoms with Crippen LogP contribution in [0.4, 0.5) is 5.82 Å². The summed E-state index contributed by atoms with van der Waals surface area (Å²) in [6.45, 7) is 2.71. The zero-order valence-electron chi connectivity index (χ0n) is 11.9. The van der Waals surface area contributed by atoms with Crippen LogP contribution in [0.5, 0.6) is 0 Å². The summed E-state index contributed by atoms with van der Waals surface area (Å²) in [6, 6.07) is 5.57. The normalized spacial score (nSPS) is 10.2. The molecule has 2 rings (SSSR count). The van der Waals surface area contributed by atoms with E-state index in [0.29, 0.717) is 12.1 Å². The van der Waals surface area contributed by atoms with E-state index in [9.17, 15) is 4.79 Å². The molecule has 0 aromatic carbocycles. The Hall–Kier alpha value is -2.43. The van der Waals surface area contributed by atoms with Gasteiger partial charge < -0.3 is 10.2 Å². The average molecular weight is 270 g/mol. The highest BCUT2D eigenvalue weighted by atomic mass is 16.2. The monoisotopic (exact) mass is 270 g/mol. The lowest BCUT2D eigenvalue weighted by Crippen LogP contribution is -2.21. The van der Waals surface area contributed by atoms with E-state index in [2.05, 4.69) is 15.3 Å². The number of nitrogens with zero attached hydrogens (tertiary/aromatic N) is 3. The van der Waals surface area contributed by atoms with Crippen LogP contribution in [0.2, 0.25) is 0 Å². The molecular weight excluding hydrogens is 252 g/mol. The maximum Gasteiger partial charge on any atom is 0.254 e. The summed E-state index contributed by atoms with van der Waals surface area (Å²) in [4.78, 5) is 21.6. The number of rotatable bonds is 4. The fourth-order valence-electron chi connectivity index (χ4n) is 1.77. The van der Waals surface area contributed by atoms with Crippen molar-refractivity contribution >= 4 is 11.7 Å². The number of pyridine rings is 2. The molecule has 104 valence electrons. The lowest BCUT2D eigenvalue weighted by Gasteiger charge is -2.11. The molecule has 0 atom stereocenters. The summed E-state index contributed by atoms with van der Waals surface area (Å²) >= 11 is 0. The van der Waals surface area contributed by atoms with E-state index in [1.807, 2.05) is 25.3 Å². The molecule has 5 heteroatoms. The molecule has 0 fully saturated rings. The van der Waals surface area contributed by atoms with E-state index in [0.717, 1.165) is 11.4 Å². The number of amides is 1. The molecule has 0 radical (unpaired) electrons. The van der Waals surface area contributed by atoms with Gasteiger partial charge in [-0.3, -0.25) is 9.78 Å². The SMILES string of the molecule is Cc1cnccc1CNc1ccc(C(=O)N(C)C)cn1. The van der Waals surface area contributed by atoms with E-state index in [1.165, 1.54) is 10.5 Å². The molecule has 2 heterocycles. The molecule has 0 saturated carbocycles. The lowest BCUT2D eigenvalue weighted by atomic mass is 10.1. The second kappa shape index (κ2) is 6.14. The molecule has 0 bridgehead atoms. The van der Waals surface area contributed by atoms with Gasteiger partial charge in [0.15, 0.2) is 0 Å². The van der Waals surface area contributed by atoms with Gasteiger partial charge in [-0.25, -0.2) is 4.98 Å². The summed E-state index contributed by atoms with van der Waals surface area (Å²) in [5.41, 5.74) is 2.90. The van der Waals surface area contributed by atoms with Crippen molar-refractivity contribution in [3.8, 4) is 0 Å². The van der Waals surface area contributed by atoms with Crippen LogP contribution in [0.15, 0.2) is 36.8 Å². The predicted molar refractivity (Wildman–Crippen MR) is 78.6 cm³/mol. The minimum absolute atomic E-state index is 0.0472. The molecule has 0 saturated heterocycles. The summed E-state index contributed by atoms with van der Waals surface area (Å²) in [7, 11) is 3.45. The van der Waals surface area contributed by atoms with Crippen LogP contribution < -0.4 is 5.32 Å². The molecule has 1 N–H and O–H groups in total. The van der Waals surface area contributed by atoms with Gasteiger partial charge in [0.1, 0.15) is 5.82 Å². The number of anilines is 1. The van der Waals surface area contributed by atoms with Crippen molar-refractivity contribution in [2.75, 3.05) is 19.4 Å². The third kappa shape index (κ3) is 3.32. The van der Waals surface area contributed by atoms with E-state index >= 15 is 0 Å². The molecule has 0 aliphatic heterocycles. The van der Waals surface area contributed by atoms with Crippen LogP contribution in [-0.2, 0) is 6.54 Å². The lowest BCUT2D eigenvalue weighted by molar-refractivity contribution is 0.0827. The van der Waals surface area contributed by atoms with Gasteiger partial charge in [-0.1, -0.05) is 0 Å². The van der Waals surface area contributed by atoms with Crippen molar-refractivity contribution in [2.45, 2.75) is 13.5 Å². The van der Waals surface area contributed by atoms with Gasteiger partial charge in [-0.05, 0) is 36.2 Å². The van der Waals surface area contributed by atoms with Gasteiger partial charge in [-0.15, -0.1) is 0 Å². The Morgan fingerprint density at radius 3 is 2.65 bits per heavy atom. The highest BCUT2D eigenvalue weighted by molar-refractivity contribution is 5.93. The molecule has 0 unspecified atom stereocenters. The van der Waals surface area contributed by atoms with Gasteiger partial charge in [-0.2, -0.15) is 0 Å². The van der Waals surface area contributed by atoms with E-state index in [-0.39, 0.29) is 5.91 Å². The van der Waals surface area contributed by atoms with Crippen molar-refractivity contribution < 1.29 is 4.79 Å². The first-order chi connectivity index (χ1) is 9.58. The van der Waals surface area contributed by atoms with Crippen LogP contribution >= 0.6 is 0 Å². The molecule has 2 aromatic heterocycles. The minimum atomic E-state index is -0.0472. The van der Waals surface area contributed by atoms with Gasteiger partial charge in [0.05, 0.1) is 5.56 Å². The fourth-order valence-corrected chi connectivity index (χ4v) is 1.77. The van der Waals surface area contributed by atoms with Crippen LogP contribution in [0, 0.1) is 6.92 Å². The molecule has 5 nitrogen and oxygen atoms in total. The molecule has 20 heavy (non-hydrogen) atoms. The topological polar surface area (TPSA) is 58.1 Å². The second-order valence-corrected chi connectivity index (χ2v) is 4.79. The first-order valence-electron chi connectivity index (χ1n) is 6.39. The van der Waals surface area contributed by atoms with E-state index < -0.39 is 0 Å². The Balaban J connectivity index is 2.01. The summed E-state index contributed by atoms with van der Waals surface area (Å²) in [5.74, 6) is 0.700. The molecule has 0 aliphatic carbocycles. The standard InChI is InChI=1S/C15H18N4O/c1-11-8-16-7-6-12(11)9-17-14-5-4-13(10-18-14)15(20)19(2)3/h4-8,10H,9H2,1-3H3,(H,17,18). The smallest absolute Gasteiger partial charge is 0.254 e. The largest absolute Gasteiger partial charge is 0.366 e. The van der Waals surface area contributed by atoms with Gasteiger partial charge >= 0.3 is 0 Å². The first kappa shape index (κ1) is 14.0. The zero-order chi connectivity index (χ0) is 14.5. The van der Waals surface area contributed by atoms with Crippen molar-refractivity contribution in [2.24, 2.45) is 0 Å². The maximum absolute atomic E-state index is 11.7. The number of carbonyl (C=O) groups is 1. The quantitative estimate of drug-likeness (QED) is 0.924. The number of carbonyl (C=O) groups excluding carboxylic acids is 1. The van der Waals surface area contributed by atoms with Crippen molar-refractivity contribution in [1.29, 1.82) is 0 Å². The number of nitrogens with one attached hydrogen (secondary N) is 1. The van der Waals surface area contributed by atoms with Gasteiger partial charge in [0.25, 0.3) is 5.91 Å². The Labute approximate surface area is 118 Å². The van der Waals surface area contributed by atoms with Crippen molar-refractivity contribution in [3.05, 3.63) is 53.5 Å². The first-order valence-corrected chi connectivity index (χ1v) is 6.39. The zero-order valence-corrected chi connectivity index (χ0v) is 11.9. The minimum Gasteiger partial charge on any atom is -0.366 e. The van der Waals surface area contributed by atoms with E-state index in [4.69, 9.17) is 0 Å². The third-order valence-corrected chi connectivity index (χ3v) is 3.01. The van der Waals surface area contributed by atoms with Gasteiger partial charge in [0, 0.05) is 39.2 Å². The number of hydrogen-bond acceptors (Lipinski definition) is 4. The van der Waals surface area contributed by atoms with Crippen LogP contribution in [-0.4, -0.2) is 34.9 Å². The molecule has 1 amide bonds. The highest BCUT2D eigenvalue weighted by Gasteiger charge is 2.08. The Kier molecular flexibility index (Phi) is 4.30. The van der Waals surface area contributed by atoms with Crippen molar-refractivity contribution in [1.82, 2.24) is 14.9 Å². The molecule has 2 aromatic rings.